The molecule has 0 aliphatic carbocycles. The summed E-state index contributed by atoms with van der Waals surface area (Å²) in [6, 6.07) is 11.5. The van der Waals surface area contributed by atoms with E-state index in [1.54, 1.807) is 13.0 Å². The first kappa shape index (κ1) is 23.5. The van der Waals surface area contributed by atoms with Crippen molar-refractivity contribution in [3.63, 3.8) is 0 Å². The molecule has 0 aromatic heterocycles. The van der Waals surface area contributed by atoms with Gasteiger partial charge in [0, 0.05) is 14.0 Å². The van der Waals surface area contributed by atoms with Gasteiger partial charge in [0.1, 0.15) is 18.1 Å². The number of hydrogen-bond acceptors (Lipinski definition) is 6. The van der Waals surface area contributed by atoms with Crippen molar-refractivity contribution in [2.45, 2.75) is 52.7 Å². The molecule has 0 saturated heterocycles. The molecule has 2 aromatic carbocycles. The minimum Gasteiger partial charge on any atom is -0.507 e. The molecule has 0 fully saturated rings. The first-order valence-corrected chi connectivity index (χ1v) is 10.4. The summed E-state index contributed by atoms with van der Waals surface area (Å²) in [6.45, 7) is 6.14. The summed E-state index contributed by atoms with van der Waals surface area (Å²) in [5, 5.41) is 10.8. The van der Waals surface area contributed by atoms with E-state index in [0.29, 0.717) is 11.3 Å². The van der Waals surface area contributed by atoms with Gasteiger partial charge in [-0.25, -0.2) is 4.79 Å². The summed E-state index contributed by atoms with van der Waals surface area (Å²) >= 11 is 0. The number of aromatic hydroxyl groups is 1. The lowest BCUT2D eigenvalue weighted by Crippen LogP contribution is -2.22. The van der Waals surface area contributed by atoms with Gasteiger partial charge in [0.25, 0.3) is 0 Å². The monoisotopic (exact) mass is 416 g/mol. The minimum absolute atomic E-state index is 0.101. The van der Waals surface area contributed by atoms with E-state index in [1.165, 1.54) is 7.11 Å². The second kappa shape index (κ2) is 12.1. The van der Waals surface area contributed by atoms with Gasteiger partial charge >= 0.3 is 6.16 Å². The Morgan fingerprint density at radius 1 is 1.13 bits per heavy atom. The number of hydrogen-bond donors (Lipinski definition) is 1. The average molecular weight is 417 g/mol. The number of phenols is 1. The third-order valence-electron chi connectivity index (χ3n) is 4.58. The molecule has 0 aliphatic heterocycles. The maximum Gasteiger partial charge on any atom is 0.511 e. The highest BCUT2D eigenvalue weighted by molar-refractivity contribution is 5.77. The number of phenolic OH excluding ortho intramolecular Hbond substituents is 1. The first-order chi connectivity index (χ1) is 14.4. The van der Waals surface area contributed by atoms with E-state index in [2.05, 4.69) is 6.92 Å². The zero-order valence-electron chi connectivity index (χ0n) is 18.3. The summed E-state index contributed by atoms with van der Waals surface area (Å²) in [6.07, 6.45) is 2.36. The van der Waals surface area contributed by atoms with Crippen molar-refractivity contribution in [3.05, 3.63) is 47.5 Å². The maximum atomic E-state index is 11.8. The van der Waals surface area contributed by atoms with E-state index in [0.717, 1.165) is 42.4 Å². The van der Waals surface area contributed by atoms with Crippen molar-refractivity contribution in [1.82, 2.24) is 0 Å². The molecular formula is C24H32O6. The number of carbonyl (C=O) groups excluding carboxylic acids is 1. The molecule has 0 spiro atoms. The van der Waals surface area contributed by atoms with Crippen LogP contribution in [0.15, 0.2) is 36.4 Å². The van der Waals surface area contributed by atoms with E-state index >= 15 is 0 Å². The summed E-state index contributed by atoms with van der Waals surface area (Å²) in [5.41, 5.74) is 3.44. The van der Waals surface area contributed by atoms with Crippen LogP contribution in [0.25, 0.3) is 11.1 Å². The van der Waals surface area contributed by atoms with Crippen LogP contribution in [0.4, 0.5) is 4.79 Å². The Kier molecular flexibility index (Phi) is 9.48. The highest BCUT2D eigenvalue weighted by atomic mass is 16.8. The maximum absolute atomic E-state index is 11.8. The van der Waals surface area contributed by atoms with Crippen molar-refractivity contribution in [2.75, 3.05) is 20.3 Å². The SMILES string of the molecule is CCCCCc1cc(O)c(-c2cccc(C)c2)c(OC(C)OC(=O)OCCOC)c1. The highest BCUT2D eigenvalue weighted by Gasteiger charge is 2.19. The number of methoxy groups -OCH3 is 1. The van der Waals surface area contributed by atoms with E-state index in [9.17, 15) is 9.90 Å². The molecule has 164 valence electrons. The van der Waals surface area contributed by atoms with E-state index in [4.69, 9.17) is 18.9 Å². The normalized spacial score (nSPS) is 11.7. The summed E-state index contributed by atoms with van der Waals surface area (Å²) in [4.78, 5) is 11.8. The third-order valence-corrected chi connectivity index (χ3v) is 4.58. The Hall–Kier alpha value is -2.73. The molecule has 2 aromatic rings. The van der Waals surface area contributed by atoms with Crippen LogP contribution in [0.3, 0.4) is 0 Å². The molecule has 6 heteroatoms. The molecule has 6 nitrogen and oxygen atoms in total. The van der Waals surface area contributed by atoms with Crippen molar-refractivity contribution in [1.29, 1.82) is 0 Å². The Morgan fingerprint density at radius 2 is 1.93 bits per heavy atom. The van der Waals surface area contributed by atoms with E-state index in [1.807, 2.05) is 37.3 Å². The molecular weight excluding hydrogens is 384 g/mol. The number of rotatable bonds is 11. The third kappa shape index (κ3) is 7.26. The standard InChI is InChI=1S/C24H32O6/c1-5-6-7-10-19-15-21(25)23(20-11-8-9-17(2)14-20)22(16-19)29-18(3)30-24(26)28-13-12-27-4/h8-9,11,14-16,18,25H,5-7,10,12-13H2,1-4H3. The number of ether oxygens (including phenoxy) is 4. The summed E-state index contributed by atoms with van der Waals surface area (Å²) in [7, 11) is 1.52. The predicted molar refractivity (Wildman–Crippen MR) is 116 cm³/mol. The molecule has 0 amide bonds. The predicted octanol–water partition coefficient (Wildman–Crippen LogP) is 5.62. The number of unbranched alkanes of at least 4 members (excludes halogenated alkanes) is 2. The Morgan fingerprint density at radius 3 is 2.63 bits per heavy atom. The highest BCUT2D eigenvalue weighted by Crippen LogP contribution is 2.40. The van der Waals surface area contributed by atoms with Crippen LogP contribution >= 0.6 is 0 Å². The largest absolute Gasteiger partial charge is 0.511 e. The molecule has 1 unspecified atom stereocenters. The lowest BCUT2D eigenvalue weighted by Gasteiger charge is -2.20. The lowest BCUT2D eigenvalue weighted by molar-refractivity contribution is -0.0566. The van der Waals surface area contributed by atoms with E-state index in [-0.39, 0.29) is 19.0 Å². The molecule has 0 aliphatic rings. The molecule has 1 atom stereocenters. The van der Waals surface area contributed by atoms with Crippen molar-refractivity contribution in [3.8, 4) is 22.6 Å². The van der Waals surface area contributed by atoms with Crippen LogP contribution < -0.4 is 4.74 Å². The van der Waals surface area contributed by atoms with Crippen LogP contribution in [-0.2, 0) is 20.6 Å². The summed E-state index contributed by atoms with van der Waals surface area (Å²) < 4.78 is 20.9. The van der Waals surface area contributed by atoms with Gasteiger partial charge in [-0.2, -0.15) is 0 Å². The molecule has 0 radical (unpaired) electrons. The fourth-order valence-electron chi connectivity index (χ4n) is 3.14. The summed E-state index contributed by atoms with van der Waals surface area (Å²) in [5.74, 6) is 0.601. The number of benzene rings is 2. The smallest absolute Gasteiger partial charge is 0.507 e. The Balaban J connectivity index is 2.25. The second-order valence-electron chi connectivity index (χ2n) is 7.21. The quantitative estimate of drug-likeness (QED) is 0.291. The zero-order chi connectivity index (χ0) is 21.9. The number of aryl methyl sites for hydroxylation is 2. The van der Waals surface area contributed by atoms with Gasteiger partial charge in [-0.1, -0.05) is 49.6 Å². The average Bonchev–Trinajstić information content (AvgIpc) is 2.68. The zero-order valence-corrected chi connectivity index (χ0v) is 18.3. The van der Waals surface area contributed by atoms with Gasteiger partial charge in [-0.3, -0.25) is 0 Å². The number of carbonyl (C=O) groups is 1. The van der Waals surface area contributed by atoms with Crippen molar-refractivity contribution < 1.29 is 28.8 Å². The fraction of sp³-hybridized carbons (Fsp3) is 0.458. The lowest BCUT2D eigenvalue weighted by atomic mass is 9.97. The van der Waals surface area contributed by atoms with Gasteiger partial charge < -0.3 is 24.1 Å². The Labute approximate surface area is 178 Å². The van der Waals surface area contributed by atoms with Gasteiger partial charge in [0.15, 0.2) is 0 Å². The van der Waals surface area contributed by atoms with Crippen LogP contribution in [-0.4, -0.2) is 37.9 Å². The van der Waals surface area contributed by atoms with Crippen molar-refractivity contribution in [2.24, 2.45) is 0 Å². The topological polar surface area (TPSA) is 74.2 Å². The van der Waals surface area contributed by atoms with Gasteiger partial charge in [-0.15, -0.1) is 0 Å². The molecule has 0 saturated carbocycles. The first-order valence-electron chi connectivity index (χ1n) is 10.4. The molecule has 30 heavy (non-hydrogen) atoms. The van der Waals surface area contributed by atoms with Gasteiger partial charge in [0.05, 0.1) is 12.2 Å². The van der Waals surface area contributed by atoms with Gasteiger partial charge in [-0.05, 0) is 43.0 Å². The molecule has 2 rings (SSSR count). The second-order valence-corrected chi connectivity index (χ2v) is 7.21. The molecule has 1 N–H and O–H groups in total. The van der Waals surface area contributed by atoms with Crippen LogP contribution in [0, 0.1) is 6.92 Å². The van der Waals surface area contributed by atoms with Crippen LogP contribution in [0.1, 0.15) is 44.2 Å². The van der Waals surface area contributed by atoms with Gasteiger partial charge in [0.2, 0.25) is 6.29 Å². The van der Waals surface area contributed by atoms with Crippen LogP contribution in [0.5, 0.6) is 11.5 Å². The van der Waals surface area contributed by atoms with E-state index < -0.39 is 12.4 Å². The Bertz CT molecular complexity index is 817. The fourth-order valence-corrected chi connectivity index (χ4v) is 3.14. The molecule has 0 bridgehead atoms. The minimum atomic E-state index is -0.895. The molecule has 0 heterocycles. The van der Waals surface area contributed by atoms with Crippen LogP contribution in [0.2, 0.25) is 0 Å². The van der Waals surface area contributed by atoms with Crippen molar-refractivity contribution >= 4 is 6.16 Å².